The van der Waals surface area contributed by atoms with E-state index in [2.05, 4.69) is 135 Å². The van der Waals surface area contributed by atoms with Gasteiger partial charge >= 0.3 is 5.97 Å². The van der Waals surface area contributed by atoms with Gasteiger partial charge in [-0.25, -0.2) is 0 Å². The number of carbonyl (C=O) groups excluding carboxylic acids is 2. The summed E-state index contributed by atoms with van der Waals surface area (Å²) in [7, 11) is 0. The summed E-state index contributed by atoms with van der Waals surface area (Å²) in [5, 5.41) is 57.3. The van der Waals surface area contributed by atoms with Gasteiger partial charge in [-0.15, -0.1) is 0 Å². The molecule has 516 valence electrons. The number of carbonyl (C=O) groups is 2. The van der Waals surface area contributed by atoms with E-state index in [1.54, 1.807) is 6.08 Å². The number of amides is 1. The third-order valence-electron chi connectivity index (χ3n) is 16.6. The Kier molecular flexibility index (Phi) is 60.8. The number of esters is 1. The molecule has 11 nitrogen and oxygen atoms in total. The van der Waals surface area contributed by atoms with E-state index in [0.717, 1.165) is 116 Å². The van der Waals surface area contributed by atoms with E-state index in [4.69, 9.17) is 14.2 Å². The summed E-state index contributed by atoms with van der Waals surface area (Å²) < 4.78 is 17.7. The highest BCUT2D eigenvalue weighted by Crippen LogP contribution is 2.26. The molecule has 1 saturated heterocycles. The molecule has 0 bridgehead atoms. The molecule has 0 aromatic heterocycles. The molecule has 0 spiro atoms. The van der Waals surface area contributed by atoms with Crippen LogP contribution < -0.4 is 5.32 Å². The van der Waals surface area contributed by atoms with Crippen molar-refractivity contribution in [1.82, 2.24) is 5.32 Å². The first-order chi connectivity index (χ1) is 44.2. The number of unbranched alkanes of at least 4 members (excludes halogenated alkanes) is 30. The van der Waals surface area contributed by atoms with E-state index in [0.29, 0.717) is 12.8 Å². The van der Waals surface area contributed by atoms with Crippen LogP contribution in [-0.4, -0.2) is 99.6 Å². The second-order valence-corrected chi connectivity index (χ2v) is 24.9. The molecule has 0 radical (unpaired) electrons. The van der Waals surface area contributed by atoms with Crippen molar-refractivity contribution in [3.05, 3.63) is 122 Å². The Hall–Kier alpha value is -3.94. The normalized spacial score (nSPS) is 18.8. The molecule has 1 aliphatic rings. The Balaban J connectivity index is 2.57. The van der Waals surface area contributed by atoms with Crippen LogP contribution in [0.15, 0.2) is 122 Å². The van der Waals surface area contributed by atoms with Crippen LogP contribution in [0.1, 0.15) is 303 Å². The molecule has 1 heterocycles. The summed E-state index contributed by atoms with van der Waals surface area (Å²) >= 11 is 0. The Morgan fingerprint density at radius 1 is 0.444 bits per heavy atom. The van der Waals surface area contributed by atoms with Crippen LogP contribution in [0.2, 0.25) is 0 Å². The monoisotopic (exact) mass is 1260 g/mol. The lowest BCUT2D eigenvalue weighted by Crippen LogP contribution is -2.61. The zero-order valence-electron chi connectivity index (χ0n) is 57.5. The number of rotatable bonds is 62. The minimum absolute atomic E-state index is 0.114. The van der Waals surface area contributed by atoms with Crippen molar-refractivity contribution >= 4 is 11.9 Å². The maximum absolute atomic E-state index is 13.5. The largest absolute Gasteiger partial charge is 0.454 e. The first-order valence-corrected chi connectivity index (χ1v) is 36.8. The van der Waals surface area contributed by atoms with Gasteiger partial charge in [0.2, 0.25) is 5.91 Å². The molecule has 8 atom stereocenters. The number of nitrogens with one attached hydrogen (secondary N) is 1. The molecule has 1 fully saturated rings. The van der Waals surface area contributed by atoms with Crippen LogP contribution in [0, 0.1) is 0 Å². The number of hydrogen-bond donors (Lipinski definition) is 6. The average molecular weight is 1260 g/mol. The third-order valence-corrected chi connectivity index (χ3v) is 16.6. The average Bonchev–Trinajstić information content (AvgIpc) is 1.14. The Labute approximate surface area is 550 Å². The minimum Gasteiger partial charge on any atom is -0.454 e. The summed E-state index contributed by atoms with van der Waals surface area (Å²) in [4.78, 5) is 26.7. The second kappa shape index (κ2) is 65.1. The van der Waals surface area contributed by atoms with Crippen molar-refractivity contribution < 1.29 is 49.3 Å². The zero-order chi connectivity index (χ0) is 65.3. The SMILES string of the molecule is CC/C=C\C/C=C\C/C=C\C/C=C\C/C=C\C/C=C\CCCCCC(O)C(=O)NC(COC1OC(CO)C(O)C(O)C1OC(=O)CCCCCCCCCCCCCCCC/C=C\C/C=C\C/C=C\CCCCC)C(O)/C=C/CCCCCCCCCCCC. The Morgan fingerprint density at radius 3 is 1.22 bits per heavy atom. The molecule has 1 rings (SSSR count). The first-order valence-electron chi connectivity index (χ1n) is 36.8. The standard InChI is InChI=1S/C79H135NO10/c1-4-7-10-13-16-19-22-25-27-29-31-33-35-36-37-38-39-41-43-45-47-49-52-55-58-61-64-67-74(84)90-77-76(86)75(85)73(68-81)89-79(77)88-69-70(71(82)65-62-59-56-53-50-24-21-18-15-12-9-6-3)80-78(87)72(83)66-63-60-57-54-51-48-46-44-42-40-34-32-30-28-26-23-20-17-14-11-8-5-2/h8,11,16-17,19-20,25-28,31-34,42,44,48,51,62,65,70-73,75-77,79,81-83,85-86H,4-7,9-10,12-15,18,21-24,29-30,35-41,43,45-47,49-50,52-61,63-64,66-69H2,1-3H3,(H,80,87)/b11-8-,19-16-,20-17-,27-25-,28-26-,33-31-,34-32-,44-42-,51-48-,65-62+. The summed E-state index contributed by atoms with van der Waals surface area (Å²) in [6.07, 6.45) is 80.9. The molecule has 1 amide bonds. The highest BCUT2D eigenvalue weighted by atomic mass is 16.7. The lowest BCUT2D eigenvalue weighted by Gasteiger charge is -2.41. The van der Waals surface area contributed by atoms with E-state index in [9.17, 15) is 35.1 Å². The smallest absolute Gasteiger partial charge is 0.306 e. The summed E-state index contributed by atoms with van der Waals surface area (Å²) in [5.41, 5.74) is 0. The van der Waals surface area contributed by atoms with Gasteiger partial charge in [-0.05, 0) is 116 Å². The minimum atomic E-state index is -1.63. The fourth-order valence-corrected chi connectivity index (χ4v) is 10.8. The number of hydrogen-bond acceptors (Lipinski definition) is 10. The lowest BCUT2D eigenvalue weighted by molar-refractivity contribution is -0.305. The van der Waals surface area contributed by atoms with Crippen molar-refractivity contribution in [1.29, 1.82) is 0 Å². The highest BCUT2D eigenvalue weighted by Gasteiger charge is 2.47. The molecular formula is C79H135NO10. The molecule has 0 aliphatic carbocycles. The maximum Gasteiger partial charge on any atom is 0.306 e. The number of aliphatic hydroxyl groups excluding tert-OH is 5. The van der Waals surface area contributed by atoms with Crippen LogP contribution in [0.5, 0.6) is 0 Å². The van der Waals surface area contributed by atoms with Crippen molar-refractivity contribution in [2.45, 2.75) is 352 Å². The molecule has 11 heteroatoms. The molecule has 90 heavy (non-hydrogen) atoms. The number of allylic oxidation sites excluding steroid dienone is 19. The van der Waals surface area contributed by atoms with E-state index in [1.165, 1.54) is 141 Å². The summed E-state index contributed by atoms with van der Waals surface area (Å²) in [5.74, 6) is -1.22. The van der Waals surface area contributed by atoms with Crippen molar-refractivity contribution in [2.24, 2.45) is 0 Å². The van der Waals surface area contributed by atoms with Gasteiger partial charge in [0.1, 0.15) is 24.4 Å². The lowest BCUT2D eigenvalue weighted by atomic mass is 9.99. The maximum atomic E-state index is 13.5. The number of aliphatic hydroxyl groups is 5. The molecule has 0 aromatic rings. The van der Waals surface area contributed by atoms with Gasteiger partial charge in [0.05, 0.1) is 25.4 Å². The molecule has 1 aliphatic heterocycles. The zero-order valence-corrected chi connectivity index (χ0v) is 57.5. The Morgan fingerprint density at radius 2 is 0.800 bits per heavy atom. The molecule has 6 N–H and O–H groups in total. The van der Waals surface area contributed by atoms with E-state index in [1.807, 2.05) is 6.08 Å². The van der Waals surface area contributed by atoms with Gasteiger partial charge < -0.3 is 45.1 Å². The van der Waals surface area contributed by atoms with E-state index >= 15 is 0 Å². The van der Waals surface area contributed by atoms with Gasteiger partial charge in [-0.2, -0.15) is 0 Å². The van der Waals surface area contributed by atoms with Crippen LogP contribution in [0.3, 0.4) is 0 Å². The van der Waals surface area contributed by atoms with Gasteiger partial charge in [0, 0.05) is 6.42 Å². The van der Waals surface area contributed by atoms with Crippen LogP contribution in [0.25, 0.3) is 0 Å². The van der Waals surface area contributed by atoms with Crippen molar-refractivity contribution in [3.63, 3.8) is 0 Å². The van der Waals surface area contributed by atoms with Crippen LogP contribution in [0.4, 0.5) is 0 Å². The molecule has 0 saturated carbocycles. The van der Waals surface area contributed by atoms with Crippen molar-refractivity contribution in [3.8, 4) is 0 Å². The van der Waals surface area contributed by atoms with E-state index < -0.39 is 67.4 Å². The predicted molar refractivity (Wildman–Crippen MR) is 379 cm³/mol. The van der Waals surface area contributed by atoms with Gasteiger partial charge in [-0.1, -0.05) is 303 Å². The van der Waals surface area contributed by atoms with Gasteiger partial charge in [0.15, 0.2) is 12.4 Å². The second-order valence-electron chi connectivity index (χ2n) is 24.9. The van der Waals surface area contributed by atoms with Gasteiger partial charge in [0.25, 0.3) is 0 Å². The fourth-order valence-electron chi connectivity index (χ4n) is 10.8. The van der Waals surface area contributed by atoms with Crippen LogP contribution in [-0.2, 0) is 23.8 Å². The van der Waals surface area contributed by atoms with Crippen LogP contribution >= 0.6 is 0 Å². The highest BCUT2D eigenvalue weighted by molar-refractivity contribution is 5.80. The molecular weight excluding hydrogens is 1120 g/mol. The third kappa shape index (κ3) is 51.6. The quantitative estimate of drug-likeness (QED) is 0.0195. The van der Waals surface area contributed by atoms with E-state index in [-0.39, 0.29) is 19.4 Å². The Bertz CT molecular complexity index is 1930. The van der Waals surface area contributed by atoms with Gasteiger partial charge in [-0.3, -0.25) is 9.59 Å². The molecule has 0 aromatic carbocycles. The van der Waals surface area contributed by atoms with Crippen molar-refractivity contribution in [2.75, 3.05) is 13.2 Å². The predicted octanol–water partition coefficient (Wildman–Crippen LogP) is 19.3. The summed E-state index contributed by atoms with van der Waals surface area (Å²) in [6, 6.07) is -1.05. The first kappa shape index (κ1) is 84.1. The number of ether oxygens (including phenoxy) is 3. The fraction of sp³-hybridized carbons (Fsp3) is 0.722. The summed E-state index contributed by atoms with van der Waals surface area (Å²) in [6.45, 7) is 5.65. The molecule has 8 unspecified atom stereocenters. The topological polar surface area (TPSA) is 175 Å².